The molecule has 19 heavy (non-hydrogen) atoms. The van der Waals surface area contributed by atoms with E-state index in [-0.39, 0.29) is 5.41 Å². The van der Waals surface area contributed by atoms with Gasteiger partial charge in [-0.25, -0.2) is 0 Å². The average Bonchev–Trinajstić information content (AvgIpc) is 2.60. The molecule has 0 aliphatic carbocycles. The lowest BCUT2D eigenvalue weighted by atomic mass is 9.86. The number of nitrogens with two attached hydrogens (primary N) is 1. The van der Waals surface area contributed by atoms with Gasteiger partial charge in [0, 0.05) is 30.2 Å². The lowest BCUT2D eigenvalue weighted by Gasteiger charge is -2.19. The van der Waals surface area contributed by atoms with Crippen LogP contribution in [0.5, 0.6) is 0 Å². The van der Waals surface area contributed by atoms with Gasteiger partial charge >= 0.3 is 0 Å². The minimum atomic E-state index is 0.174. The highest BCUT2D eigenvalue weighted by molar-refractivity contribution is 5.86. The first kappa shape index (κ1) is 14.1. The molecule has 0 unspecified atom stereocenters. The molecule has 0 saturated carbocycles. The second-order valence-electron chi connectivity index (χ2n) is 6.76. The Balaban J connectivity index is 2.79. The third-order valence-electron chi connectivity index (χ3n) is 3.97. The van der Waals surface area contributed by atoms with Gasteiger partial charge in [0.2, 0.25) is 0 Å². The normalized spacial score (nSPS) is 12.6. The van der Waals surface area contributed by atoms with Crippen molar-refractivity contribution in [3.63, 3.8) is 0 Å². The molecule has 0 radical (unpaired) electrons. The van der Waals surface area contributed by atoms with Gasteiger partial charge in [0.05, 0.1) is 0 Å². The number of aryl methyl sites for hydroxylation is 1. The van der Waals surface area contributed by atoms with Crippen molar-refractivity contribution in [3.05, 3.63) is 35.0 Å². The molecule has 104 valence electrons. The third kappa shape index (κ3) is 2.30. The van der Waals surface area contributed by atoms with Crippen molar-refractivity contribution in [2.75, 3.05) is 0 Å². The summed E-state index contributed by atoms with van der Waals surface area (Å²) in [5.41, 5.74) is 11.5. The molecule has 0 saturated heterocycles. The van der Waals surface area contributed by atoms with Gasteiger partial charge < -0.3 is 10.3 Å². The van der Waals surface area contributed by atoms with Gasteiger partial charge in [0.15, 0.2) is 0 Å². The van der Waals surface area contributed by atoms with Gasteiger partial charge in [-0.05, 0) is 34.6 Å². The van der Waals surface area contributed by atoms with E-state index in [2.05, 4.69) is 64.4 Å². The number of fused-ring (bicyclic) bond motifs is 1. The lowest BCUT2D eigenvalue weighted by Crippen LogP contribution is -2.10. The van der Waals surface area contributed by atoms with E-state index >= 15 is 0 Å². The molecule has 1 aromatic heterocycles. The predicted molar refractivity (Wildman–Crippen MR) is 83.6 cm³/mol. The summed E-state index contributed by atoms with van der Waals surface area (Å²) in [7, 11) is 2.15. The van der Waals surface area contributed by atoms with Crippen LogP contribution in [-0.2, 0) is 19.0 Å². The van der Waals surface area contributed by atoms with Crippen molar-refractivity contribution < 1.29 is 0 Å². The van der Waals surface area contributed by atoms with Crippen LogP contribution in [0.25, 0.3) is 10.9 Å². The second-order valence-corrected chi connectivity index (χ2v) is 6.76. The van der Waals surface area contributed by atoms with Gasteiger partial charge in [-0.1, -0.05) is 40.7 Å². The lowest BCUT2D eigenvalue weighted by molar-refractivity contribution is 0.591. The molecule has 0 atom stereocenters. The Bertz CT molecular complexity index is 598. The molecular weight excluding hydrogens is 232 g/mol. The number of aromatic nitrogens is 1. The van der Waals surface area contributed by atoms with Crippen LogP contribution >= 0.6 is 0 Å². The summed E-state index contributed by atoms with van der Waals surface area (Å²) in [6, 6.07) is 6.80. The van der Waals surface area contributed by atoms with Crippen LogP contribution in [0, 0.1) is 0 Å². The number of benzene rings is 1. The zero-order chi connectivity index (χ0) is 14.4. The topological polar surface area (TPSA) is 30.9 Å². The standard InChI is InChI=1S/C17H26N2/c1-11(2)16-14(10-18)13-9-12(17(3,4)5)7-8-15(13)19(16)6/h7-9,11H,10,18H2,1-6H3. The fraction of sp³-hybridized carbons (Fsp3) is 0.529. The maximum absolute atomic E-state index is 6.01. The van der Waals surface area contributed by atoms with Crippen LogP contribution in [0.1, 0.15) is 57.4 Å². The smallest absolute Gasteiger partial charge is 0.0483 e. The van der Waals surface area contributed by atoms with E-state index in [1.165, 1.54) is 27.7 Å². The molecule has 1 aromatic carbocycles. The number of hydrogen-bond acceptors (Lipinski definition) is 1. The average molecular weight is 258 g/mol. The largest absolute Gasteiger partial charge is 0.347 e. The Morgan fingerprint density at radius 3 is 2.32 bits per heavy atom. The molecule has 2 heteroatoms. The molecule has 0 fully saturated rings. The molecule has 0 spiro atoms. The zero-order valence-corrected chi connectivity index (χ0v) is 13.0. The molecule has 2 nitrogen and oxygen atoms in total. The van der Waals surface area contributed by atoms with Crippen molar-refractivity contribution >= 4 is 10.9 Å². The highest BCUT2D eigenvalue weighted by Crippen LogP contribution is 2.33. The van der Waals surface area contributed by atoms with E-state index in [1.54, 1.807) is 0 Å². The summed E-state index contributed by atoms with van der Waals surface area (Å²) in [5.74, 6) is 0.494. The van der Waals surface area contributed by atoms with Crippen LogP contribution in [-0.4, -0.2) is 4.57 Å². The molecule has 0 amide bonds. The molecule has 0 aliphatic rings. The van der Waals surface area contributed by atoms with Crippen LogP contribution in [0.3, 0.4) is 0 Å². The quantitative estimate of drug-likeness (QED) is 0.865. The van der Waals surface area contributed by atoms with Gasteiger partial charge in [0.1, 0.15) is 0 Å². The Hall–Kier alpha value is -1.28. The summed E-state index contributed by atoms with van der Waals surface area (Å²) < 4.78 is 2.30. The van der Waals surface area contributed by atoms with Gasteiger partial charge in [0.25, 0.3) is 0 Å². The van der Waals surface area contributed by atoms with Crippen molar-refractivity contribution in [1.29, 1.82) is 0 Å². The first-order valence-electron chi connectivity index (χ1n) is 7.09. The van der Waals surface area contributed by atoms with Crippen LogP contribution in [0.15, 0.2) is 18.2 Å². The Morgan fingerprint density at radius 1 is 1.21 bits per heavy atom. The Labute approximate surface area is 116 Å². The molecule has 0 aliphatic heterocycles. The van der Waals surface area contributed by atoms with Crippen molar-refractivity contribution in [2.24, 2.45) is 12.8 Å². The van der Waals surface area contributed by atoms with E-state index in [1.807, 2.05) is 0 Å². The Kier molecular flexibility index (Phi) is 3.48. The Morgan fingerprint density at radius 2 is 1.84 bits per heavy atom. The molecule has 2 rings (SSSR count). The first-order chi connectivity index (χ1) is 8.77. The summed E-state index contributed by atoms with van der Waals surface area (Å²) in [6.07, 6.45) is 0. The van der Waals surface area contributed by atoms with Crippen molar-refractivity contribution in [3.8, 4) is 0 Å². The minimum absolute atomic E-state index is 0.174. The third-order valence-corrected chi connectivity index (χ3v) is 3.97. The van der Waals surface area contributed by atoms with Crippen LogP contribution < -0.4 is 5.73 Å². The molecule has 1 heterocycles. The van der Waals surface area contributed by atoms with E-state index in [4.69, 9.17) is 5.73 Å². The molecule has 0 bridgehead atoms. The number of nitrogens with zero attached hydrogens (tertiary/aromatic N) is 1. The molecule has 2 aromatic rings. The fourth-order valence-electron chi connectivity index (χ4n) is 2.96. The minimum Gasteiger partial charge on any atom is -0.347 e. The second kappa shape index (κ2) is 4.68. The summed E-state index contributed by atoms with van der Waals surface area (Å²) in [5, 5.41) is 1.32. The van der Waals surface area contributed by atoms with E-state index < -0.39 is 0 Å². The van der Waals surface area contributed by atoms with Crippen LogP contribution in [0.4, 0.5) is 0 Å². The number of hydrogen-bond donors (Lipinski definition) is 1. The first-order valence-corrected chi connectivity index (χ1v) is 7.09. The fourth-order valence-corrected chi connectivity index (χ4v) is 2.96. The molecular formula is C17H26N2. The zero-order valence-electron chi connectivity index (χ0n) is 13.0. The maximum atomic E-state index is 6.01. The summed E-state index contributed by atoms with van der Waals surface area (Å²) >= 11 is 0. The summed E-state index contributed by atoms with van der Waals surface area (Å²) in [4.78, 5) is 0. The van der Waals surface area contributed by atoms with E-state index in [0.717, 1.165) is 0 Å². The molecule has 2 N–H and O–H groups in total. The van der Waals surface area contributed by atoms with Crippen molar-refractivity contribution in [2.45, 2.75) is 52.5 Å². The van der Waals surface area contributed by atoms with E-state index in [9.17, 15) is 0 Å². The number of rotatable bonds is 2. The highest BCUT2D eigenvalue weighted by atomic mass is 15.0. The van der Waals surface area contributed by atoms with Gasteiger partial charge in [-0.2, -0.15) is 0 Å². The van der Waals surface area contributed by atoms with Gasteiger partial charge in [-0.15, -0.1) is 0 Å². The maximum Gasteiger partial charge on any atom is 0.0483 e. The van der Waals surface area contributed by atoms with Crippen molar-refractivity contribution in [1.82, 2.24) is 4.57 Å². The highest BCUT2D eigenvalue weighted by Gasteiger charge is 2.19. The van der Waals surface area contributed by atoms with Crippen LogP contribution in [0.2, 0.25) is 0 Å². The monoisotopic (exact) mass is 258 g/mol. The van der Waals surface area contributed by atoms with E-state index in [0.29, 0.717) is 12.5 Å². The predicted octanol–water partition coefficient (Wildman–Crippen LogP) is 4.06. The SMILES string of the molecule is CC(C)c1c(CN)c2cc(C(C)(C)C)ccc2n1C. The summed E-state index contributed by atoms with van der Waals surface area (Å²) in [6.45, 7) is 11.8. The van der Waals surface area contributed by atoms with Gasteiger partial charge in [-0.3, -0.25) is 0 Å².